The lowest BCUT2D eigenvalue weighted by atomic mass is 10.4. The summed E-state index contributed by atoms with van der Waals surface area (Å²) in [5.74, 6) is 2.19. The third-order valence-corrected chi connectivity index (χ3v) is 2.75. The first kappa shape index (κ1) is 14.2. The van der Waals surface area contributed by atoms with Gasteiger partial charge in [0.15, 0.2) is 0 Å². The van der Waals surface area contributed by atoms with Gasteiger partial charge in [0.25, 0.3) is 0 Å². The first-order valence-corrected chi connectivity index (χ1v) is 6.43. The molecule has 0 saturated heterocycles. The van der Waals surface area contributed by atoms with Crippen molar-refractivity contribution < 1.29 is 9.47 Å². The van der Waals surface area contributed by atoms with Crippen molar-refractivity contribution in [2.24, 2.45) is 5.73 Å². The highest BCUT2D eigenvalue weighted by Gasteiger charge is 1.99. The Labute approximate surface area is 91.7 Å². The second-order valence-corrected chi connectivity index (χ2v) is 4.32. The van der Waals surface area contributed by atoms with Gasteiger partial charge in [0.05, 0.1) is 12.7 Å². The normalized spacial score (nSPS) is 13.1. The molecule has 3 nitrogen and oxygen atoms in total. The molecule has 0 saturated carbocycles. The first-order chi connectivity index (χ1) is 6.81. The van der Waals surface area contributed by atoms with E-state index in [1.807, 2.05) is 25.6 Å². The zero-order valence-corrected chi connectivity index (χ0v) is 10.1. The van der Waals surface area contributed by atoms with Gasteiger partial charge >= 0.3 is 0 Å². The van der Waals surface area contributed by atoms with Crippen LogP contribution in [0, 0.1) is 0 Å². The minimum atomic E-state index is 0.219. The molecule has 0 aliphatic carbocycles. The minimum absolute atomic E-state index is 0.219. The Hall–Kier alpha value is 0.230. The predicted molar refractivity (Wildman–Crippen MR) is 62.9 cm³/mol. The van der Waals surface area contributed by atoms with Crippen LogP contribution in [-0.4, -0.2) is 44.0 Å². The summed E-state index contributed by atoms with van der Waals surface area (Å²) in [7, 11) is 0. The summed E-state index contributed by atoms with van der Waals surface area (Å²) in [6.45, 7) is 7.10. The van der Waals surface area contributed by atoms with Gasteiger partial charge in [0.2, 0.25) is 0 Å². The van der Waals surface area contributed by atoms with E-state index in [2.05, 4.69) is 0 Å². The summed E-state index contributed by atoms with van der Waals surface area (Å²) in [5.41, 5.74) is 5.37. The van der Waals surface area contributed by atoms with E-state index >= 15 is 0 Å². The van der Waals surface area contributed by atoms with Crippen molar-refractivity contribution in [2.45, 2.75) is 26.4 Å². The summed E-state index contributed by atoms with van der Waals surface area (Å²) in [6, 6.07) is 0. The van der Waals surface area contributed by atoms with Crippen molar-refractivity contribution in [2.75, 3.05) is 37.9 Å². The number of rotatable bonds is 10. The molecule has 0 amide bonds. The molecule has 2 N–H and O–H groups in total. The lowest BCUT2D eigenvalue weighted by molar-refractivity contribution is -0.00106. The Morgan fingerprint density at radius 1 is 1.36 bits per heavy atom. The molecule has 0 radical (unpaired) electrons. The molecule has 0 aliphatic rings. The van der Waals surface area contributed by atoms with Crippen molar-refractivity contribution in [1.29, 1.82) is 0 Å². The van der Waals surface area contributed by atoms with Crippen LogP contribution in [0.1, 0.15) is 20.3 Å². The molecular formula is C10H23NO2S. The molecule has 0 rings (SSSR count). The Balaban J connectivity index is 2.98. The molecule has 0 aliphatic heterocycles. The number of hydrogen-bond donors (Lipinski definition) is 1. The zero-order chi connectivity index (χ0) is 10.6. The number of thioether (sulfide) groups is 1. The molecule has 1 unspecified atom stereocenters. The monoisotopic (exact) mass is 221 g/mol. The van der Waals surface area contributed by atoms with Gasteiger partial charge in [-0.25, -0.2) is 0 Å². The third kappa shape index (κ3) is 10.3. The maximum absolute atomic E-state index is 5.46. The largest absolute Gasteiger partial charge is 0.379 e. The summed E-state index contributed by atoms with van der Waals surface area (Å²) < 4.78 is 10.8. The molecule has 0 heterocycles. The molecule has 0 fully saturated rings. The maximum atomic E-state index is 5.46. The van der Waals surface area contributed by atoms with E-state index in [-0.39, 0.29) is 6.10 Å². The standard InChI is InChI=1S/C10H23NO2S/c1-3-13-10(2)9-12-6-4-7-14-8-5-11/h10H,3-9,11H2,1-2H3. The van der Waals surface area contributed by atoms with Crippen LogP contribution in [0.2, 0.25) is 0 Å². The van der Waals surface area contributed by atoms with Crippen molar-refractivity contribution in [1.82, 2.24) is 0 Å². The molecule has 1 atom stereocenters. The number of ether oxygens (including phenoxy) is 2. The Morgan fingerprint density at radius 3 is 2.79 bits per heavy atom. The van der Waals surface area contributed by atoms with Crippen LogP contribution in [0.3, 0.4) is 0 Å². The summed E-state index contributed by atoms with van der Waals surface area (Å²) in [4.78, 5) is 0. The summed E-state index contributed by atoms with van der Waals surface area (Å²) in [5, 5.41) is 0. The van der Waals surface area contributed by atoms with E-state index in [1.165, 1.54) is 0 Å². The second-order valence-electron chi connectivity index (χ2n) is 3.10. The molecule has 0 aromatic rings. The molecule has 0 aromatic carbocycles. The van der Waals surface area contributed by atoms with E-state index in [0.29, 0.717) is 6.61 Å². The highest BCUT2D eigenvalue weighted by atomic mass is 32.2. The highest BCUT2D eigenvalue weighted by molar-refractivity contribution is 7.99. The van der Waals surface area contributed by atoms with Crippen LogP contribution in [-0.2, 0) is 9.47 Å². The first-order valence-electron chi connectivity index (χ1n) is 5.28. The average molecular weight is 221 g/mol. The zero-order valence-electron chi connectivity index (χ0n) is 9.33. The SMILES string of the molecule is CCOC(C)COCCCSCCN. The van der Waals surface area contributed by atoms with Gasteiger partial charge in [-0.15, -0.1) is 0 Å². The van der Waals surface area contributed by atoms with Gasteiger partial charge in [-0.05, 0) is 26.0 Å². The Bertz CT molecular complexity index is 114. The lowest BCUT2D eigenvalue weighted by Gasteiger charge is -2.11. The van der Waals surface area contributed by atoms with Gasteiger partial charge in [-0.3, -0.25) is 0 Å². The van der Waals surface area contributed by atoms with Crippen molar-refractivity contribution in [3.63, 3.8) is 0 Å². The molecule has 0 spiro atoms. The smallest absolute Gasteiger partial charge is 0.0780 e. The molecular weight excluding hydrogens is 198 g/mol. The predicted octanol–water partition coefficient (Wildman–Crippen LogP) is 1.51. The summed E-state index contributed by atoms with van der Waals surface area (Å²) in [6.07, 6.45) is 1.32. The van der Waals surface area contributed by atoms with Crippen LogP contribution in [0.25, 0.3) is 0 Å². The fourth-order valence-corrected chi connectivity index (χ4v) is 1.72. The van der Waals surface area contributed by atoms with E-state index < -0.39 is 0 Å². The van der Waals surface area contributed by atoms with Gasteiger partial charge in [-0.2, -0.15) is 11.8 Å². The van der Waals surface area contributed by atoms with Gasteiger partial charge in [0, 0.05) is 25.5 Å². The number of hydrogen-bond acceptors (Lipinski definition) is 4. The quantitative estimate of drug-likeness (QED) is 0.568. The van der Waals surface area contributed by atoms with Crippen molar-refractivity contribution in [3.8, 4) is 0 Å². The topological polar surface area (TPSA) is 44.5 Å². The Kier molecular flexibility index (Phi) is 11.5. The van der Waals surface area contributed by atoms with Crippen LogP contribution < -0.4 is 5.73 Å². The van der Waals surface area contributed by atoms with Gasteiger partial charge in [-0.1, -0.05) is 0 Å². The van der Waals surface area contributed by atoms with Crippen LogP contribution >= 0.6 is 11.8 Å². The average Bonchev–Trinajstić information content (AvgIpc) is 2.17. The van der Waals surface area contributed by atoms with E-state index in [4.69, 9.17) is 15.2 Å². The fourth-order valence-electron chi connectivity index (χ4n) is 1.03. The number of nitrogens with two attached hydrogens (primary N) is 1. The molecule has 14 heavy (non-hydrogen) atoms. The molecule has 86 valence electrons. The maximum Gasteiger partial charge on any atom is 0.0780 e. The van der Waals surface area contributed by atoms with Crippen molar-refractivity contribution >= 4 is 11.8 Å². The van der Waals surface area contributed by atoms with E-state index in [1.54, 1.807) is 0 Å². The van der Waals surface area contributed by atoms with Gasteiger partial charge in [0.1, 0.15) is 0 Å². The Morgan fingerprint density at radius 2 is 2.14 bits per heavy atom. The fraction of sp³-hybridized carbons (Fsp3) is 1.00. The minimum Gasteiger partial charge on any atom is -0.379 e. The summed E-state index contributed by atoms with van der Waals surface area (Å²) >= 11 is 1.89. The van der Waals surface area contributed by atoms with Crippen molar-refractivity contribution in [3.05, 3.63) is 0 Å². The highest BCUT2D eigenvalue weighted by Crippen LogP contribution is 2.01. The molecule has 0 aromatic heterocycles. The third-order valence-electron chi connectivity index (χ3n) is 1.64. The van der Waals surface area contributed by atoms with Crippen LogP contribution in [0.5, 0.6) is 0 Å². The second kappa shape index (κ2) is 11.3. The van der Waals surface area contributed by atoms with Gasteiger partial charge < -0.3 is 15.2 Å². The molecule has 4 heteroatoms. The van der Waals surface area contributed by atoms with Crippen LogP contribution in [0.15, 0.2) is 0 Å². The van der Waals surface area contributed by atoms with Crippen LogP contribution in [0.4, 0.5) is 0 Å². The lowest BCUT2D eigenvalue weighted by Crippen LogP contribution is -2.16. The van der Waals surface area contributed by atoms with E-state index in [0.717, 1.165) is 37.7 Å². The molecule has 0 bridgehead atoms. The van der Waals surface area contributed by atoms with E-state index in [9.17, 15) is 0 Å².